The van der Waals surface area contributed by atoms with Gasteiger partial charge in [0, 0.05) is 5.56 Å². The van der Waals surface area contributed by atoms with E-state index in [0.29, 0.717) is 16.5 Å². The number of ether oxygens (including phenoxy) is 1. The number of rotatable bonds is 5. The van der Waals surface area contributed by atoms with Crippen LogP contribution >= 0.6 is 11.8 Å². The average Bonchev–Trinajstić information content (AvgIpc) is 2.80. The first-order valence-electron chi connectivity index (χ1n) is 5.24. The molecule has 1 heterocycles. The smallest absolute Gasteiger partial charge is 0.313 e. The number of thioether (sulfide) groups is 1. The molecule has 2 aromatic rings. The Balaban J connectivity index is 2.30. The maximum absolute atomic E-state index is 10.6. The van der Waals surface area contributed by atoms with Gasteiger partial charge in [-0.15, -0.1) is 0 Å². The first-order valence-corrected chi connectivity index (χ1v) is 6.23. The maximum atomic E-state index is 10.6. The van der Waals surface area contributed by atoms with Gasteiger partial charge in [-0.1, -0.05) is 42.1 Å². The molecule has 0 amide bonds. The minimum absolute atomic E-state index is 0.0349. The Hall–Kier alpha value is -1.95. The third-order valence-corrected chi connectivity index (χ3v) is 3.24. The van der Waals surface area contributed by atoms with E-state index in [-0.39, 0.29) is 5.75 Å². The second kappa shape index (κ2) is 5.59. The van der Waals surface area contributed by atoms with Crippen molar-refractivity contribution in [2.45, 2.75) is 5.03 Å². The number of hydrogen-bond donors (Lipinski definition) is 2. The van der Waals surface area contributed by atoms with Crippen molar-refractivity contribution in [3.8, 4) is 17.0 Å². The van der Waals surface area contributed by atoms with Gasteiger partial charge in [-0.2, -0.15) is 5.10 Å². The molecule has 2 N–H and O–H groups in total. The molecule has 18 heavy (non-hydrogen) atoms. The van der Waals surface area contributed by atoms with Gasteiger partial charge in [0.2, 0.25) is 0 Å². The zero-order chi connectivity index (χ0) is 13.0. The van der Waals surface area contributed by atoms with E-state index in [1.165, 1.54) is 0 Å². The Bertz CT molecular complexity index is 540. The summed E-state index contributed by atoms with van der Waals surface area (Å²) in [7, 11) is 1.54. The highest BCUT2D eigenvalue weighted by atomic mass is 32.2. The van der Waals surface area contributed by atoms with E-state index < -0.39 is 5.97 Å². The fourth-order valence-electron chi connectivity index (χ4n) is 1.53. The number of aromatic amines is 1. The number of aliphatic carboxylic acids is 1. The fraction of sp³-hybridized carbons (Fsp3) is 0.167. The number of nitrogens with one attached hydrogen (secondary N) is 1. The van der Waals surface area contributed by atoms with Gasteiger partial charge < -0.3 is 9.84 Å². The molecule has 0 aliphatic carbocycles. The van der Waals surface area contributed by atoms with Crippen LogP contribution in [0.3, 0.4) is 0 Å². The number of carboxylic acids is 1. The van der Waals surface area contributed by atoms with E-state index in [9.17, 15) is 4.79 Å². The van der Waals surface area contributed by atoms with Crippen LogP contribution in [-0.2, 0) is 4.79 Å². The third kappa shape index (κ3) is 2.65. The molecule has 0 aliphatic rings. The molecule has 2 rings (SSSR count). The van der Waals surface area contributed by atoms with Gasteiger partial charge in [0.15, 0.2) is 5.75 Å². The van der Waals surface area contributed by atoms with Crippen molar-refractivity contribution >= 4 is 17.7 Å². The normalized spacial score (nSPS) is 10.3. The summed E-state index contributed by atoms with van der Waals surface area (Å²) in [5.74, 6) is -0.336. The average molecular weight is 264 g/mol. The highest BCUT2D eigenvalue weighted by Crippen LogP contribution is 2.35. The van der Waals surface area contributed by atoms with E-state index in [2.05, 4.69) is 10.2 Å². The number of H-pyrrole nitrogens is 1. The monoisotopic (exact) mass is 264 g/mol. The summed E-state index contributed by atoms with van der Waals surface area (Å²) in [6.45, 7) is 0. The zero-order valence-corrected chi connectivity index (χ0v) is 10.5. The van der Waals surface area contributed by atoms with Crippen LogP contribution in [0.2, 0.25) is 0 Å². The summed E-state index contributed by atoms with van der Waals surface area (Å²) in [6.07, 6.45) is 0. The standard InChI is InChI=1S/C12H12N2O3S/c1-17-11-10(8-5-3-2-4-6-8)13-14-12(11)18-7-9(15)16/h2-6H,7H2,1H3,(H,13,14)(H,15,16). The van der Waals surface area contributed by atoms with Crippen LogP contribution in [0.15, 0.2) is 35.4 Å². The van der Waals surface area contributed by atoms with Gasteiger partial charge in [0.25, 0.3) is 0 Å². The Kier molecular flexibility index (Phi) is 3.88. The topological polar surface area (TPSA) is 75.2 Å². The molecule has 0 saturated heterocycles. The van der Waals surface area contributed by atoms with Gasteiger partial charge >= 0.3 is 5.97 Å². The van der Waals surface area contributed by atoms with Crippen LogP contribution in [0.4, 0.5) is 0 Å². The van der Waals surface area contributed by atoms with Crippen molar-refractivity contribution in [1.29, 1.82) is 0 Å². The highest BCUT2D eigenvalue weighted by molar-refractivity contribution is 8.00. The molecule has 5 nitrogen and oxygen atoms in total. The van der Waals surface area contributed by atoms with E-state index in [4.69, 9.17) is 9.84 Å². The van der Waals surface area contributed by atoms with Gasteiger partial charge in [0.05, 0.1) is 12.9 Å². The first-order chi connectivity index (χ1) is 8.72. The van der Waals surface area contributed by atoms with Crippen LogP contribution in [0.1, 0.15) is 0 Å². The van der Waals surface area contributed by atoms with E-state index >= 15 is 0 Å². The second-order valence-corrected chi connectivity index (χ2v) is 4.47. The molecular formula is C12H12N2O3S. The largest absolute Gasteiger partial charge is 0.492 e. The lowest BCUT2D eigenvalue weighted by molar-refractivity contribution is -0.133. The zero-order valence-electron chi connectivity index (χ0n) is 9.71. The third-order valence-electron chi connectivity index (χ3n) is 2.28. The molecule has 0 atom stereocenters. The minimum atomic E-state index is -0.877. The lowest BCUT2D eigenvalue weighted by Gasteiger charge is -2.03. The summed E-state index contributed by atoms with van der Waals surface area (Å²) in [5, 5.41) is 16.3. The summed E-state index contributed by atoms with van der Waals surface area (Å²) in [5.41, 5.74) is 1.61. The van der Waals surface area contributed by atoms with Crippen molar-refractivity contribution in [2.24, 2.45) is 0 Å². The molecule has 0 bridgehead atoms. The molecule has 1 aromatic heterocycles. The fourth-order valence-corrected chi connectivity index (χ4v) is 2.22. The Morgan fingerprint density at radius 3 is 2.78 bits per heavy atom. The van der Waals surface area contributed by atoms with Crippen molar-refractivity contribution in [2.75, 3.05) is 12.9 Å². The number of methoxy groups -OCH3 is 1. The van der Waals surface area contributed by atoms with Gasteiger partial charge in [-0.3, -0.25) is 9.89 Å². The summed E-state index contributed by atoms with van der Waals surface area (Å²) in [4.78, 5) is 10.6. The Morgan fingerprint density at radius 1 is 1.44 bits per heavy atom. The lowest BCUT2D eigenvalue weighted by Crippen LogP contribution is -1.98. The van der Waals surface area contributed by atoms with Crippen LogP contribution in [-0.4, -0.2) is 34.1 Å². The van der Waals surface area contributed by atoms with Crippen molar-refractivity contribution in [3.63, 3.8) is 0 Å². The SMILES string of the molecule is COc1c(-c2ccccc2)n[nH]c1SCC(=O)O. The predicted molar refractivity (Wildman–Crippen MR) is 68.9 cm³/mol. The summed E-state index contributed by atoms with van der Waals surface area (Å²) in [6, 6.07) is 9.58. The number of nitrogens with zero attached hydrogens (tertiary/aromatic N) is 1. The van der Waals surface area contributed by atoms with Gasteiger partial charge in [-0.05, 0) is 0 Å². The molecule has 0 radical (unpaired) electrons. The van der Waals surface area contributed by atoms with Gasteiger partial charge in [0.1, 0.15) is 10.7 Å². The molecule has 0 spiro atoms. The predicted octanol–water partition coefficient (Wildman–Crippen LogP) is 2.26. The molecule has 6 heteroatoms. The summed E-state index contributed by atoms with van der Waals surface area (Å²) < 4.78 is 5.30. The molecule has 0 saturated carbocycles. The van der Waals surface area contributed by atoms with E-state index in [1.807, 2.05) is 30.3 Å². The van der Waals surface area contributed by atoms with Crippen molar-refractivity contribution in [1.82, 2.24) is 10.2 Å². The number of carboxylic acid groups (broad SMARTS) is 1. The Morgan fingerprint density at radius 2 is 2.17 bits per heavy atom. The van der Waals surface area contributed by atoms with E-state index in [0.717, 1.165) is 17.3 Å². The molecule has 94 valence electrons. The van der Waals surface area contributed by atoms with Crippen molar-refractivity contribution < 1.29 is 14.6 Å². The van der Waals surface area contributed by atoms with Gasteiger partial charge in [-0.25, -0.2) is 0 Å². The lowest BCUT2D eigenvalue weighted by atomic mass is 10.1. The Labute approximate surface area is 108 Å². The van der Waals surface area contributed by atoms with Crippen LogP contribution < -0.4 is 4.74 Å². The number of benzene rings is 1. The molecule has 0 aliphatic heterocycles. The second-order valence-electron chi connectivity index (χ2n) is 3.48. The summed E-state index contributed by atoms with van der Waals surface area (Å²) >= 11 is 1.15. The van der Waals surface area contributed by atoms with Crippen LogP contribution in [0.5, 0.6) is 5.75 Å². The number of carbonyl (C=O) groups is 1. The molecule has 0 fully saturated rings. The van der Waals surface area contributed by atoms with Crippen molar-refractivity contribution in [3.05, 3.63) is 30.3 Å². The minimum Gasteiger partial charge on any atom is -0.492 e. The maximum Gasteiger partial charge on any atom is 0.313 e. The number of hydrogen-bond acceptors (Lipinski definition) is 4. The first kappa shape index (κ1) is 12.5. The van der Waals surface area contributed by atoms with Crippen LogP contribution in [0.25, 0.3) is 11.3 Å². The number of aromatic nitrogens is 2. The highest BCUT2D eigenvalue weighted by Gasteiger charge is 2.16. The van der Waals surface area contributed by atoms with E-state index in [1.54, 1.807) is 7.11 Å². The quantitative estimate of drug-likeness (QED) is 0.810. The molecule has 1 aromatic carbocycles. The molecular weight excluding hydrogens is 252 g/mol. The van der Waals surface area contributed by atoms with Crippen LogP contribution in [0, 0.1) is 0 Å². The molecule has 0 unspecified atom stereocenters.